The first kappa shape index (κ1) is 13.3. The second-order valence-corrected chi connectivity index (χ2v) is 7.38. The van der Waals surface area contributed by atoms with E-state index in [0.717, 1.165) is 4.47 Å². The molecule has 0 bridgehead atoms. The molecule has 2 aromatic rings. The van der Waals surface area contributed by atoms with Crippen LogP contribution in [-0.2, 0) is 9.84 Å². The summed E-state index contributed by atoms with van der Waals surface area (Å²) in [5, 5.41) is 0. The van der Waals surface area contributed by atoms with Crippen LogP contribution in [0.15, 0.2) is 16.7 Å². The second-order valence-electron chi connectivity index (χ2n) is 4.28. The molecule has 18 heavy (non-hydrogen) atoms. The van der Waals surface area contributed by atoms with Crippen molar-refractivity contribution in [2.75, 3.05) is 17.7 Å². The van der Waals surface area contributed by atoms with E-state index in [1.54, 1.807) is 23.8 Å². The zero-order valence-electron chi connectivity index (χ0n) is 9.96. The summed E-state index contributed by atoms with van der Waals surface area (Å²) in [5.41, 5.74) is 7.06. The normalized spacial score (nSPS) is 13.9. The topological polar surface area (TPSA) is 90.9 Å². The highest BCUT2D eigenvalue weighted by molar-refractivity contribution is 9.10. The number of nitrogens with zero attached hydrogens (tertiary/aromatic N) is 3. The van der Waals surface area contributed by atoms with Crippen molar-refractivity contribution in [3.05, 3.63) is 16.7 Å². The monoisotopic (exact) mass is 332 g/mol. The number of fused-ring (bicyclic) bond motifs is 1. The molecule has 0 radical (unpaired) electrons. The van der Waals surface area contributed by atoms with E-state index in [9.17, 15) is 8.42 Å². The van der Waals surface area contributed by atoms with Gasteiger partial charge in [0.05, 0.1) is 5.75 Å². The molecule has 0 saturated carbocycles. The van der Waals surface area contributed by atoms with Crippen LogP contribution in [0.1, 0.15) is 13.0 Å². The molecule has 8 heteroatoms. The minimum Gasteiger partial charge on any atom is -0.369 e. The fourth-order valence-corrected chi connectivity index (χ4v) is 3.27. The largest absolute Gasteiger partial charge is 0.369 e. The van der Waals surface area contributed by atoms with Crippen molar-refractivity contribution < 1.29 is 8.42 Å². The summed E-state index contributed by atoms with van der Waals surface area (Å²) in [6.45, 7) is 1.78. The SMILES string of the molecule is CC(CS(C)(=O)=O)n1c(N)nc2cc(Br)cnc21. The molecule has 0 spiro atoms. The molecule has 0 saturated heterocycles. The number of rotatable bonds is 3. The summed E-state index contributed by atoms with van der Waals surface area (Å²) >= 11 is 3.30. The maximum absolute atomic E-state index is 11.3. The molecule has 2 aromatic heterocycles. The quantitative estimate of drug-likeness (QED) is 0.916. The van der Waals surface area contributed by atoms with E-state index < -0.39 is 9.84 Å². The Hall–Kier alpha value is -1.15. The van der Waals surface area contributed by atoms with Crippen LogP contribution < -0.4 is 5.73 Å². The third kappa shape index (κ3) is 2.64. The van der Waals surface area contributed by atoms with Crippen LogP contribution in [0.3, 0.4) is 0 Å². The van der Waals surface area contributed by atoms with Gasteiger partial charge in [-0.15, -0.1) is 0 Å². The van der Waals surface area contributed by atoms with Crippen LogP contribution in [0.4, 0.5) is 5.95 Å². The Kier molecular flexibility index (Phi) is 3.33. The maximum Gasteiger partial charge on any atom is 0.202 e. The summed E-state index contributed by atoms with van der Waals surface area (Å²) in [4.78, 5) is 8.41. The Bertz CT molecular complexity index is 695. The number of sulfone groups is 1. The number of anilines is 1. The van der Waals surface area contributed by atoms with Gasteiger partial charge in [-0.25, -0.2) is 18.4 Å². The molecule has 1 unspecified atom stereocenters. The lowest BCUT2D eigenvalue weighted by Crippen LogP contribution is -2.18. The van der Waals surface area contributed by atoms with Crippen molar-refractivity contribution in [3.8, 4) is 0 Å². The van der Waals surface area contributed by atoms with Gasteiger partial charge in [0.1, 0.15) is 15.4 Å². The second kappa shape index (κ2) is 4.51. The molecule has 2 N–H and O–H groups in total. The van der Waals surface area contributed by atoms with E-state index in [4.69, 9.17) is 5.73 Å². The molecule has 0 aliphatic heterocycles. The van der Waals surface area contributed by atoms with E-state index in [-0.39, 0.29) is 17.7 Å². The van der Waals surface area contributed by atoms with Crippen molar-refractivity contribution in [2.24, 2.45) is 0 Å². The van der Waals surface area contributed by atoms with Crippen molar-refractivity contribution >= 4 is 42.9 Å². The molecule has 98 valence electrons. The van der Waals surface area contributed by atoms with Crippen molar-refractivity contribution in [1.82, 2.24) is 14.5 Å². The molecule has 0 aliphatic rings. The Morgan fingerprint density at radius 3 is 2.83 bits per heavy atom. The lowest BCUT2D eigenvalue weighted by atomic mass is 10.3. The molecule has 6 nitrogen and oxygen atoms in total. The van der Waals surface area contributed by atoms with Gasteiger partial charge < -0.3 is 5.73 Å². The number of hydrogen-bond donors (Lipinski definition) is 1. The van der Waals surface area contributed by atoms with Crippen LogP contribution >= 0.6 is 15.9 Å². The zero-order chi connectivity index (χ0) is 13.5. The highest BCUT2D eigenvalue weighted by atomic mass is 79.9. The van der Waals surface area contributed by atoms with E-state index in [1.807, 2.05) is 0 Å². The number of nitrogens with two attached hydrogens (primary N) is 1. The van der Waals surface area contributed by atoms with Crippen LogP contribution in [-0.4, -0.2) is 35.0 Å². The van der Waals surface area contributed by atoms with Gasteiger partial charge in [-0.05, 0) is 28.9 Å². The Morgan fingerprint density at radius 2 is 2.22 bits per heavy atom. The summed E-state index contributed by atoms with van der Waals surface area (Å²) in [6, 6.07) is 1.49. The average Bonchev–Trinajstić information content (AvgIpc) is 2.50. The number of aromatic nitrogens is 3. The molecule has 0 fully saturated rings. The third-order valence-electron chi connectivity index (χ3n) is 2.51. The Balaban J connectivity index is 2.53. The van der Waals surface area contributed by atoms with Gasteiger partial charge >= 0.3 is 0 Å². The molecular formula is C10H13BrN4O2S. The van der Waals surface area contributed by atoms with E-state index in [2.05, 4.69) is 25.9 Å². The van der Waals surface area contributed by atoms with Gasteiger partial charge in [0.15, 0.2) is 5.65 Å². The van der Waals surface area contributed by atoms with Gasteiger partial charge in [0, 0.05) is 23.0 Å². The Morgan fingerprint density at radius 1 is 1.56 bits per heavy atom. The molecule has 0 aromatic carbocycles. The minimum atomic E-state index is -3.08. The van der Waals surface area contributed by atoms with E-state index >= 15 is 0 Å². The van der Waals surface area contributed by atoms with Gasteiger partial charge in [-0.3, -0.25) is 4.57 Å². The predicted molar refractivity (Wildman–Crippen MR) is 74.1 cm³/mol. The van der Waals surface area contributed by atoms with Gasteiger partial charge in [0.25, 0.3) is 0 Å². The summed E-state index contributed by atoms with van der Waals surface area (Å²) < 4.78 is 25.1. The molecule has 0 aliphatic carbocycles. The molecule has 1 atom stereocenters. The Labute approximate surface area is 113 Å². The van der Waals surface area contributed by atoms with Gasteiger partial charge in [-0.1, -0.05) is 0 Å². The first-order valence-electron chi connectivity index (χ1n) is 5.24. The minimum absolute atomic E-state index is 0.000401. The molecule has 0 amide bonds. The van der Waals surface area contributed by atoms with Crippen molar-refractivity contribution in [1.29, 1.82) is 0 Å². The third-order valence-corrected chi connectivity index (χ3v) is 4.03. The van der Waals surface area contributed by atoms with Crippen LogP contribution in [0, 0.1) is 0 Å². The smallest absolute Gasteiger partial charge is 0.202 e. The number of imidazole rings is 1. The fraction of sp³-hybridized carbons (Fsp3) is 0.400. The molecule has 2 rings (SSSR count). The first-order valence-corrected chi connectivity index (χ1v) is 8.10. The van der Waals surface area contributed by atoms with Crippen LogP contribution in [0.2, 0.25) is 0 Å². The van der Waals surface area contributed by atoms with Gasteiger partial charge in [0.2, 0.25) is 5.95 Å². The first-order chi connectivity index (χ1) is 8.28. The highest BCUT2D eigenvalue weighted by Gasteiger charge is 2.18. The predicted octanol–water partition coefficient (Wildman–Crippen LogP) is 1.38. The van der Waals surface area contributed by atoms with Gasteiger partial charge in [-0.2, -0.15) is 0 Å². The van der Waals surface area contributed by atoms with Crippen molar-refractivity contribution in [2.45, 2.75) is 13.0 Å². The number of nitrogen functional groups attached to an aromatic ring is 1. The summed E-state index contributed by atoms with van der Waals surface area (Å²) in [7, 11) is -3.08. The number of pyridine rings is 1. The lowest BCUT2D eigenvalue weighted by Gasteiger charge is -2.14. The highest BCUT2D eigenvalue weighted by Crippen LogP contribution is 2.24. The number of halogens is 1. The van der Waals surface area contributed by atoms with Crippen molar-refractivity contribution in [3.63, 3.8) is 0 Å². The fourth-order valence-electron chi connectivity index (χ4n) is 1.92. The molecular weight excluding hydrogens is 320 g/mol. The van der Waals surface area contributed by atoms with E-state index in [1.165, 1.54) is 6.26 Å². The average molecular weight is 333 g/mol. The maximum atomic E-state index is 11.3. The molecule has 2 heterocycles. The number of hydrogen-bond acceptors (Lipinski definition) is 5. The summed E-state index contributed by atoms with van der Waals surface area (Å²) in [6.07, 6.45) is 2.83. The summed E-state index contributed by atoms with van der Waals surface area (Å²) in [5.74, 6) is 0.271. The van der Waals surface area contributed by atoms with Crippen LogP contribution in [0.25, 0.3) is 11.2 Å². The standard InChI is InChI=1S/C10H13BrN4O2S/c1-6(5-18(2,16)17)15-9-8(14-10(15)12)3-7(11)4-13-9/h3-4,6H,5H2,1-2H3,(H2,12,14). The zero-order valence-corrected chi connectivity index (χ0v) is 12.4. The lowest BCUT2D eigenvalue weighted by molar-refractivity contribution is 0.570. The van der Waals surface area contributed by atoms with Crippen LogP contribution in [0.5, 0.6) is 0 Å². The van der Waals surface area contributed by atoms with E-state index in [0.29, 0.717) is 11.2 Å².